The van der Waals surface area contributed by atoms with Crippen LogP contribution in [-0.4, -0.2) is 0 Å². The van der Waals surface area contributed by atoms with Crippen LogP contribution in [0.2, 0.25) is 0 Å². The van der Waals surface area contributed by atoms with Crippen LogP contribution in [0.5, 0.6) is 0 Å². The molecule has 0 radical (unpaired) electrons. The van der Waals surface area contributed by atoms with Gasteiger partial charge < -0.3 is 0 Å². The third-order valence-electron chi connectivity index (χ3n) is 4.28. The van der Waals surface area contributed by atoms with Crippen LogP contribution < -0.4 is 0 Å². The van der Waals surface area contributed by atoms with Gasteiger partial charge in [-0.25, -0.2) is 0 Å². The van der Waals surface area contributed by atoms with Crippen molar-refractivity contribution in [1.29, 1.82) is 0 Å². The highest BCUT2D eigenvalue weighted by Gasteiger charge is 2.24. The summed E-state index contributed by atoms with van der Waals surface area (Å²) in [5, 5.41) is 0. The number of hydrogen-bond acceptors (Lipinski definition) is 0. The smallest absolute Gasteiger partial charge is 0.00135 e. The van der Waals surface area contributed by atoms with Gasteiger partial charge in [0.1, 0.15) is 0 Å². The van der Waals surface area contributed by atoms with E-state index in [2.05, 4.69) is 61.5 Å². The Bertz CT molecular complexity index is 729. The first kappa shape index (κ1) is 10.8. The Morgan fingerprint density at radius 3 is 2.21 bits per heavy atom. The molecule has 0 bridgehead atoms. The lowest BCUT2D eigenvalue weighted by atomic mass is 9.93. The lowest BCUT2D eigenvalue weighted by Crippen LogP contribution is -1.91. The minimum absolute atomic E-state index is 1.04. The Labute approximate surface area is 114 Å². The number of benzene rings is 2. The molecule has 0 fully saturated rings. The zero-order valence-corrected chi connectivity index (χ0v) is 11.1. The molecule has 2 aliphatic carbocycles. The molecule has 0 saturated carbocycles. The topological polar surface area (TPSA) is 0 Å². The fraction of sp³-hybridized carbons (Fsp3) is 0.158. The summed E-state index contributed by atoms with van der Waals surface area (Å²) in [6.07, 6.45) is 4.53. The van der Waals surface area contributed by atoms with Gasteiger partial charge in [-0.15, -0.1) is 0 Å². The molecule has 0 atom stereocenters. The van der Waals surface area contributed by atoms with E-state index in [0.717, 1.165) is 12.8 Å². The van der Waals surface area contributed by atoms with Crippen molar-refractivity contribution in [2.75, 3.05) is 0 Å². The molecule has 2 aromatic rings. The summed E-state index contributed by atoms with van der Waals surface area (Å²) in [6.45, 7) is 2.27. The van der Waals surface area contributed by atoms with E-state index in [9.17, 15) is 0 Å². The number of rotatable bonds is 0. The first-order chi connectivity index (χ1) is 9.34. The molecule has 4 rings (SSSR count). The average Bonchev–Trinajstić information content (AvgIpc) is 2.75. The zero-order valence-electron chi connectivity index (χ0n) is 11.1. The van der Waals surface area contributed by atoms with Gasteiger partial charge in [0.15, 0.2) is 0 Å². The Morgan fingerprint density at radius 2 is 1.42 bits per heavy atom. The minimum Gasteiger partial charge on any atom is -0.0719 e. The molecule has 19 heavy (non-hydrogen) atoms. The lowest BCUT2D eigenvalue weighted by molar-refractivity contribution is 1.18. The van der Waals surface area contributed by atoms with Gasteiger partial charge >= 0.3 is 0 Å². The molecule has 0 spiro atoms. The van der Waals surface area contributed by atoms with E-state index in [1.165, 1.54) is 39.0 Å². The third kappa shape index (κ3) is 1.53. The maximum absolute atomic E-state index is 2.39. The van der Waals surface area contributed by atoms with Gasteiger partial charge in [0.05, 0.1) is 0 Å². The van der Waals surface area contributed by atoms with Crippen molar-refractivity contribution in [2.24, 2.45) is 0 Å². The molecular formula is C19H16. The van der Waals surface area contributed by atoms with E-state index >= 15 is 0 Å². The standard InChI is InChI=1S/C19H16/c1-13-10-11-18-16-8-4-2-6-14(16)12-15-7-3-5-9-17(15)19(13)18/h2-9,11H,10,12H2,1H3. The molecule has 0 saturated heterocycles. The summed E-state index contributed by atoms with van der Waals surface area (Å²) in [5.74, 6) is 0. The first-order valence-corrected chi connectivity index (χ1v) is 6.91. The van der Waals surface area contributed by atoms with Gasteiger partial charge in [0, 0.05) is 0 Å². The summed E-state index contributed by atoms with van der Waals surface area (Å²) in [4.78, 5) is 0. The monoisotopic (exact) mass is 244 g/mol. The van der Waals surface area contributed by atoms with E-state index in [4.69, 9.17) is 0 Å². The van der Waals surface area contributed by atoms with E-state index < -0.39 is 0 Å². The van der Waals surface area contributed by atoms with Crippen LogP contribution in [0.1, 0.15) is 35.6 Å². The molecule has 0 heteroatoms. The average molecular weight is 244 g/mol. The first-order valence-electron chi connectivity index (χ1n) is 6.91. The number of hydrogen-bond donors (Lipinski definition) is 0. The molecular weight excluding hydrogens is 228 g/mol. The molecule has 0 aromatic heterocycles. The second-order valence-corrected chi connectivity index (χ2v) is 5.47. The van der Waals surface area contributed by atoms with Crippen LogP contribution in [0.3, 0.4) is 0 Å². The van der Waals surface area contributed by atoms with Crippen LogP contribution in [0.25, 0.3) is 11.1 Å². The highest BCUT2D eigenvalue weighted by molar-refractivity contribution is 6.10. The largest absolute Gasteiger partial charge is 0.0719 e. The van der Waals surface area contributed by atoms with Crippen molar-refractivity contribution in [2.45, 2.75) is 19.8 Å². The van der Waals surface area contributed by atoms with Crippen LogP contribution in [-0.2, 0) is 6.42 Å². The van der Waals surface area contributed by atoms with Crippen molar-refractivity contribution in [3.05, 3.63) is 82.4 Å². The van der Waals surface area contributed by atoms with Gasteiger partial charge in [-0.05, 0) is 53.2 Å². The fourth-order valence-corrected chi connectivity index (χ4v) is 3.37. The van der Waals surface area contributed by atoms with Gasteiger partial charge in [-0.2, -0.15) is 0 Å². The second kappa shape index (κ2) is 3.96. The minimum atomic E-state index is 1.04. The zero-order chi connectivity index (χ0) is 12.8. The summed E-state index contributed by atoms with van der Waals surface area (Å²) in [6, 6.07) is 17.7. The molecule has 2 aromatic carbocycles. The third-order valence-corrected chi connectivity index (χ3v) is 4.28. The SMILES string of the molecule is CC1=C2C(=CC1)c1ccccc1Cc1ccccc12. The van der Waals surface area contributed by atoms with Crippen molar-refractivity contribution < 1.29 is 0 Å². The molecule has 0 amide bonds. The molecule has 0 aliphatic heterocycles. The van der Waals surface area contributed by atoms with E-state index in [-0.39, 0.29) is 0 Å². The van der Waals surface area contributed by atoms with Crippen LogP contribution in [0, 0.1) is 0 Å². The Balaban J connectivity index is 2.08. The van der Waals surface area contributed by atoms with E-state index in [1.54, 1.807) is 0 Å². The number of allylic oxidation sites excluding steroid dienone is 4. The lowest BCUT2D eigenvalue weighted by Gasteiger charge is -2.11. The van der Waals surface area contributed by atoms with E-state index in [0.29, 0.717) is 0 Å². The van der Waals surface area contributed by atoms with Crippen molar-refractivity contribution in [3.63, 3.8) is 0 Å². The summed E-state index contributed by atoms with van der Waals surface area (Å²) in [7, 11) is 0. The molecule has 92 valence electrons. The highest BCUT2D eigenvalue weighted by Crippen LogP contribution is 2.45. The summed E-state index contributed by atoms with van der Waals surface area (Å²) in [5.41, 5.74) is 10.2. The highest BCUT2D eigenvalue weighted by atomic mass is 14.3. The number of fused-ring (bicyclic) bond motifs is 5. The Hall–Kier alpha value is -2.08. The summed E-state index contributed by atoms with van der Waals surface area (Å²) >= 11 is 0. The Morgan fingerprint density at radius 1 is 0.789 bits per heavy atom. The molecule has 0 unspecified atom stereocenters. The fourth-order valence-electron chi connectivity index (χ4n) is 3.37. The predicted molar refractivity (Wildman–Crippen MR) is 80.9 cm³/mol. The van der Waals surface area contributed by atoms with Gasteiger partial charge in [0.2, 0.25) is 0 Å². The quantitative estimate of drug-likeness (QED) is 0.621. The molecule has 0 heterocycles. The maximum Gasteiger partial charge on any atom is -0.00135 e. The van der Waals surface area contributed by atoms with Crippen LogP contribution in [0.4, 0.5) is 0 Å². The maximum atomic E-state index is 2.39. The second-order valence-electron chi connectivity index (χ2n) is 5.47. The normalized spacial score (nSPS) is 16.4. The van der Waals surface area contributed by atoms with Crippen molar-refractivity contribution in [3.8, 4) is 0 Å². The van der Waals surface area contributed by atoms with Gasteiger partial charge in [-0.1, -0.05) is 60.2 Å². The molecule has 0 N–H and O–H groups in total. The van der Waals surface area contributed by atoms with Crippen molar-refractivity contribution in [1.82, 2.24) is 0 Å². The Kier molecular flexibility index (Phi) is 2.25. The van der Waals surface area contributed by atoms with Crippen molar-refractivity contribution >= 4 is 11.1 Å². The molecule has 0 nitrogen and oxygen atoms in total. The van der Waals surface area contributed by atoms with Crippen LogP contribution in [0.15, 0.2) is 60.2 Å². The van der Waals surface area contributed by atoms with Gasteiger partial charge in [-0.3, -0.25) is 0 Å². The van der Waals surface area contributed by atoms with Gasteiger partial charge in [0.25, 0.3) is 0 Å². The van der Waals surface area contributed by atoms with E-state index in [1.807, 2.05) is 0 Å². The predicted octanol–water partition coefficient (Wildman–Crippen LogP) is 4.85. The van der Waals surface area contributed by atoms with Crippen LogP contribution >= 0.6 is 0 Å². The summed E-state index contributed by atoms with van der Waals surface area (Å²) < 4.78 is 0. The molecule has 2 aliphatic rings.